The van der Waals surface area contributed by atoms with Crippen molar-refractivity contribution in [2.24, 2.45) is 0 Å². The standard InChI is InChI=1S/C23H31N3OS/c1-17-5-10-22(18(2)15-17)24-23(28)26(20-11-13-25(3)14-12-20)16-19-6-8-21(27-4)9-7-19/h5-10,15,20H,11-14,16H2,1-4H3,(H,24,28). The minimum Gasteiger partial charge on any atom is -0.497 e. The molecule has 150 valence electrons. The maximum Gasteiger partial charge on any atom is 0.173 e. The van der Waals surface area contributed by atoms with E-state index in [1.807, 2.05) is 12.1 Å². The highest BCUT2D eigenvalue weighted by Gasteiger charge is 2.25. The molecule has 1 aliphatic heterocycles. The Bertz CT molecular complexity index is 798. The lowest BCUT2D eigenvalue weighted by atomic mass is 10.0. The molecule has 0 aliphatic carbocycles. The molecule has 3 rings (SSSR count). The fourth-order valence-electron chi connectivity index (χ4n) is 3.74. The number of nitrogens with zero attached hydrogens (tertiary/aromatic N) is 2. The highest BCUT2D eigenvalue weighted by molar-refractivity contribution is 7.80. The van der Waals surface area contributed by atoms with Gasteiger partial charge in [-0.15, -0.1) is 0 Å². The first kappa shape index (κ1) is 20.6. The Balaban J connectivity index is 1.78. The maximum atomic E-state index is 5.88. The van der Waals surface area contributed by atoms with Gasteiger partial charge < -0.3 is 19.9 Å². The zero-order chi connectivity index (χ0) is 20.1. The third kappa shape index (κ3) is 5.24. The Hall–Kier alpha value is -2.11. The van der Waals surface area contributed by atoms with Crippen molar-refractivity contribution in [1.29, 1.82) is 0 Å². The van der Waals surface area contributed by atoms with Gasteiger partial charge in [-0.05, 0) is 88.4 Å². The molecule has 1 N–H and O–H groups in total. The van der Waals surface area contributed by atoms with Gasteiger partial charge in [0.2, 0.25) is 0 Å². The Kier molecular flexibility index (Phi) is 6.92. The molecule has 0 bridgehead atoms. The van der Waals surface area contributed by atoms with E-state index >= 15 is 0 Å². The number of rotatable bonds is 5. The molecule has 0 atom stereocenters. The highest BCUT2D eigenvalue weighted by Crippen LogP contribution is 2.23. The molecule has 1 heterocycles. The molecular formula is C23H31N3OS. The SMILES string of the molecule is COc1ccc(CN(C(=S)Nc2ccc(C)cc2C)C2CCN(C)CC2)cc1. The fourth-order valence-corrected chi connectivity index (χ4v) is 4.07. The van der Waals surface area contributed by atoms with Crippen LogP contribution in [0, 0.1) is 13.8 Å². The Morgan fingerprint density at radius 3 is 2.43 bits per heavy atom. The number of thiocarbonyl (C=S) groups is 1. The Labute approximate surface area is 174 Å². The average Bonchev–Trinajstić information content (AvgIpc) is 2.69. The second-order valence-corrected chi connectivity index (χ2v) is 8.15. The molecule has 0 saturated carbocycles. The molecular weight excluding hydrogens is 366 g/mol. The van der Waals surface area contributed by atoms with Crippen LogP contribution in [0.4, 0.5) is 5.69 Å². The molecule has 4 nitrogen and oxygen atoms in total. The predicted octanol–water partition coefficient (Wildman–Crippen LogP) is 4.61. The van der Waals surface area contributed by atoms with Crippen molar-refractivity contribution in [2.45, 2.75) is 39.3 Å². The summed E-state index contributed by atoms with van der Waals surface area (Å²) in [4.78, 5) is 4.76. The van der Waals surface area contributed by atoms with Crippen molar-refractivity contribution < 1.29 is 4.74 Å². The summed E-state index contributed by atoms with van der Waals surface area (Å²) in [5.41, 5.74) is 4.81. The van der Waals surface area contributed by atoms with Gasteiger partial charge in [-0.3, -0.25) is 0 Å². The minimum absolute atomic E-state index is 0.448. The van der Waals surface area contributed by atoms with E-state index in [2.05, 4.69) is 66.3 Å². The third-order valence-corrected chi connectivity index (χ3v) is 5.86. The van der Waals surface area contributed by atoms with E-state index < -0.39 is 0 Å². The molecule has 2 aromatic rings. The smallest absolute Gasteiger partial charge is 0.173 e. The van der Waals surface area contributed by atoms with E-state index in [9.17, 15) is 0 Å². The second-order valence-electron chi connectivity index (χ2n) is 7.76. The van der Waals surface area contributed by atoms with Crippen LogP contribution in [0.1, 0.15) is 29.5 Å². The summed E-state index contributed by atoms with van der Waals surface area (Å²) in [5, 5.41) is 4.31. The van der Waals surface area contributed by atoms with E-state index in [1.165, 1.54) is 16.7 Å². The molecule has 1 saturated heterocycles. The number of hydrogen-bond acceptors (Lipinski definition) is 3. The molecule has 2 aromatic carbocycles. The lowest BCUT2D eigenvalue weighted by Crippen LogP contribution is -2.47. The first-order valence-corrected chi connectivity index (χ1v) is 10.3. The van der Waals surface area contributed by atoms with Gasteiger partial charge in [-0.1, -0.05) is 29.8 Å². The maximum absolute atomic E-state index is 5.88. The second kappa shape index (κ2) is 9.39. The number of nitrogens with one attached hydrogen (secondary N) is 1. The van der Waals surface area contributed by atoms with Gasteiger partial charge in [0, 0.05) is 18.3 Å². The van der Waals surface area contributed by atoms with Crippen molar-refractivity contribution >= 4 is 23.0 Å². The molecule has 0 aromatic heterocycles. The van der Waals surface area contributed by atoms with Gasteiger partial charge >= 0.3 is 0 Å². The first-order valence-electron chi connectivity index (χ1n) is 9.92. The number of piperidine rings is 1. The average molecular weight is 398 g/mol. The molecule has 1 aliphatic rings. The summed E-state index contributed by atoms with van der Waals surface area (Å²) >= 11 is 5.88. The molecule has 0 radical (unpaired) electrons. The Morgan fingerprint density at radius 1 is 1.14 bits per heavy atom. The number of methoxy groups -OCH3 is 1. The zero-order valence-electron chi connectivity index (χ0n) is 17.4. The summed E-state index contributed by atoms with van der Waals surface area (Å²) in [6.07, 6.45) is 2.25. The van der Waals surface area contributed by atoms with Gasteiger partial charge in [-0.25, -0.2) is 0 Å². The van der Waals surface area contributed by atoms with Gasteiger partial charge in [0.15, 0.2) is 5.11 Å². The molecule has 0 spiro atoms. The molecule has 1 fully saturated rings. The largest absolute Gasteiger partial charge is 0.497 e. The summed E-state index contributed by atoms with van der Waals surface area (Å²) in [6, 6.07) is 15.2. The van der Waals surface area contributed by atoms with Crippen LogP contribution in [0.15, 0.2) is 42.5 Å². The lowest BCUT2D eigenvalue weighted by molar-refractivity contribution is 0.173. The number of ether oxygens (including phenoxy) is 1. The zero-order valence-corrected chi connectivity index (χ0v) is 18.2. The van der Waals surface area contributed by atoms with Crippen LogP contribution in [-0.4, -0.2) is 48.2 Å². The van der Waals surface area contributed by atoms with Crippen molar-refractivity contribution in [1.82, 2.24) is 9.80 Å². The topological polar surface area (TPSA) is 27.7 Å². The lowest BCUT2D eigenvalue weighted by Gasteiger charge is -2.39. The van der Waals surface area contributed by atoms with Crippen molar-refractivity contribution in [3.05, 3.63) is 59.2 Å². The van der Waals surface area contributed by atoms with Crippen LogP contribution in [-0.2, 0) is 6.54 Å². The normalized spacial score (nSPS) is 15.3. The van der Waals surface area contributed by atoms with Crippen LogP contribution in [0.3, 0.4) is 0 Å². The van der Waals surface area contributed by atoms with Crippen molar-refractivity contribution in [3.63, 3.8) is 0 Å². The summed E-state index contributed by atoms with van der Waals surface area (Å²) in [6.45, 7) is 7.26. The summed E-state index contributed by atoms with van der Waals surface area (Å²) in [7, 11) is 3.89. The van der Waals surface area contributed by atoms with E-state index in [0.717, 1.165) is 49.0 Å². The highest BCUT2D eigenvalue weighted by atomic mass is 32.1. The molecule has 5 heteroatoms. The van der Waals surface area contributed by atoms with Crippen LogP contribution < -0.4 is 10.1 Å². The van der Waals surface area contributed by atoms with Crippen molar-refractivity contribution in [2.75, 3.05) is 32.6 Å². The van der Waals surface area contributed by atoms with E-state index in [0.29, 0.717) is 6.04 Å². The monoisotopic (exact) mass is 397 g/mol. The predicted molar refractivity (Wildman–Crippen MR) is 121 cm³/mol. The van der Waals surface area contributed by atoms with E-state index in [1.54, 1.807) is 7.11 Å². The van der Waals surface area contributed by atoms with Crippen LogP contribution in [0.5, 0.6) is 5.75 Å². The Morgan fingerprint density at radius 2 is 1.82 bits per heavy atom. The van der Waals surface area contributed by atoms with Crippen LogP contribution in [0.2, 0.25) is 0 Å². The first-order chi connectivity index (χ1) is 13.5. The number of aryl methyl sites for hydroxylation is 2. The van der Waals surface area contributed by atoms with Crippen molar-refractivity contribution in [3.8, 4) is 5.75 Å². The number of benzene rings is 2. The van der Waals surface area contributed by atoms with Gasteiger partial charge in [0.1, 0.15) is 5.75 Å². The molecule has 0 amide bonds. The van der Waals surface area contributed by atoms with Gasteiger partial charge in [-0.2, -0.15) is 0 Å². The number of anilines is 1. The third-order valence-electron chi connectivity index (χ3n) is 5.53. The number of hydrogen-bond donors (Lipinski definition) is 1. The summed E-state index contributed by atoms with van der Waals surface area (Å²) < 4.78 is 5.29. The summed E-state index contributed by atoms with van der Waals surface area (Å²) in [5.74, 6) is 0.880. The number of likely N-dealkylation sites (tertiary alicyclic amines) is 1. The van der Waals surface area contributed by atoms with E-state index in [-0.39, 0.29) is 0 Å². The van der Waals surface area contributed by atoms with E-state index in [4.69, 9.17) is 17.0 Å². The fraction of sp³-hybridized carbons (Fsp3) is 0.435. The van der Waals surface area contributed by atoms with Crippen LogP contribution >= 0.6 is 12.2 Å². The van der Waals surface area contributed by atoms with Gasteiger partial charge in [0.05, 0.1) is 7.11 Å². The quantitative estimate of drug-likeness (QED) is 0.744. The molecule has 0 unspecified atom stereocenters. The van der Waals surface area contributed by atoms with Crippen LogP contribution in [0.25, 0.3) is 0 Å². The minimum atomic E-state index is 0.448. The molecule has 28 heavy (non-hydrogen) atoms. The van der Waals surface area contributed by atoms with Gasteiger partial charge in [0.25, 0.3) is 0 Å².